The minimum absolute atomic E-state index is 0. The molecule has 0 spiro atoms. The summed E-state index contributed by atoms with van der Waals surface area (Å²) in [4.78, 5) is 18.6. The van der Waals surface area contributed by atoms with Crippen molar-refractivity contribution in [1.29, 1.82) is 0 Å². The fourth-order valence-corrected chi connectivity index (χ4v) is 2.45. The number of likely N-dealkylation sites (tertiary alicyclic amines) is 1. The Morgan fingerprint density at radius 3 is 2.27 bits per heavy atom. The number of hydrogen-bond acceptors (Lipinski definition) is 2. The lowest BCUT2D eigenvalue weighted by Crippen LogP contribution is -2.72. The molecular formula is C16H33IN4O. The van der Waals surface area contributed by atoms with Gasteiger partial charge in [0.1, 0.15) is 0 Å². The maximum atomic E-state index is 11.7. The van der Waals surface area contributed by atoms with Gasteiger partial charge in [0.15, 0.2) is 5.96 Å². The van der Waals surface area contributed by atoms with E-state index >= 15 is 0 Å². The van der Waals surface area contributed by atoms with Crippen molar-refractivity contribution in [2.24, 2.45) is 10.4 Å². The van der Waals surface area contributed by atoms with E-state index in [9.17, 15) is 4.79 Å². The number of nitrogens with one attached hydrogen (secondary N) is 2. The summed E-state index contributed by atoms with van der Waals surface area (Å²) in [6, 6.07) is 0.185. The first-order valence-electron chi connectivity index (χ1n) is 7.97. The molecule has 0 aromatic carbocycles. The zero-order valence-electron chi connectivity index (χ0n) is 15.1. The van der Waals surface area contributed by atoms with Gasteiger partial charge in [0, 0.05) is 36.5 Å². The number of carbonyl (C=O) groups excluding carboxylic acids is 1. The van der Waals surface area contributed by atoms with Gasteiger partial charge in [-0.15, -0.1) is 24.0 Å². The minimum atomic E-state index is 0. The lowest BCUT2D eigenvalue weighted by molar-refractivity contribution is -0.121. The van der Waals surface area contributed by atoms with E-state index in [1.807, 2.05) is 13.8 Å². The van der Waals surface area contributed by atoms with Crippen molar-refractivity contribution in [3.63, 3.8) is 0 Å². The summed E-state index contributed by atoms with van der Waals surface area (Å²) in [6.45, 7) is 17.4. The van der Waals surface area contributed by atoms with Crippen molar-refractivity contribution in [3.8, 4) is 0 Å². The predicted molar refractivity (Wildman–Crippen MR) is 104 cm³/mol. The van der Waals surface area contributed by atoms with Crippen LogP contribution in [0.1, 0.15) is 54.9 Å². The van der Waals surface area contributed by atoms with E-state index in [1.54, 1.807) is 0 Å². The Bertz CT molecular complexity index is 405. The number of amides is 1. The SMILES string of the molecule is CCNC(=NCCC(=O)NC(C)C)N1CC(C)(C)C1(C)C.I. The Labute approximate surface area is 152 Å². The quantitative estimate of drug-likeness (QED) is 0.405. The van der Waals surface area contributed by atoms with Crippen LogP contribution in [0.25, 0.3) is 0 Å². The average molecular weight is 424 g/mol. The second-order valence-corrected chi connectivity index (χ2v) is 7.24. The molecule has 130 valence electrons. The van der Waals surface area contributed by atoms with Crippen molar-refractivity contribution in [1.82, 2.24) is 15.5 Å². The summed E-state index contributed by atoms with van der Waals surface area (Å²) < 4.78 is 0. The molecule has 1 aliphatic rings. The summed E-state index contributed by atoms with van der Waals surface area (Å²) in [5.41, 5.74) is 0.354. The van der Waals surface area contributed by atoms with Gasteiger partial charge in [-0.3, -0.25) is 9.79 Å². The van der Waals surface area contributed by atoms with Crippen molar-refractivity contribution in [2.45, 2.75) is 66.5 Å². The molecule has 1 fully saturated rings. The highest BCUT2D eigenvalue weighted by atomic mass is 127. The lowest BCUT2D eigenvalue weighted by Gasteiger charge is -2.62. The molecule has 0 atom stereocenters. The molecule has 6 heteroatoms. The first-order valence-corrected chi connectivity index (χ1v) is 7.97. The van der Waals surface area contributed by atoms with Gasteiger partial charge in [0.25, 0.3) is 0 Å². The Morgan fingerprint density at radius 1 is 1.27 bits per heavy atom. The predicted octanol–water partition coefficient (Wildman–Crippen LogP) is 2.61. The van der Waals surface area contributed by atoms with Gasteiger partial charge in [0.2, 0.25) is 5.91 Å². The molecule has 0 saturated carbocycles. The molecule has 5 nitrogen and oxygen atoms in total. The van der Waals surface area contributed by atoms with Gasteiger partial charge in [-0.05, 0) is 34.6 Å². The van der Waals surface area contributed by atoms with Gasteiger partial charge in [-0.25, -0.2) is 0 Å². The highest BCUT2D eigenvalue weighted by Crippen LogP contribution is 2.46. The zero-order chi connectivity index (χ0) is 16.3. The second kappa shape index (κ2) is 8.36. The molecule has 1 amide bonds. The van der Waals surface area contributed by atoms with Crippen LogP contribution < -0.4 is 10.6 Å². The Kier molecular flexibility index (Phi) is 8.16. The third kappa shape index (κ3) is 4.99. The van der Waals surface area contributed by atoms with Crippen molar-refractivity contribution in [2.75, 3.05) is 19.6 Å². The van der Waals surface area contributed by atoms with Crippen LogP contribution in [0.5, 0.6) is 0 Å². The molecular weight excluding hydrogens is 391 g/mol. The third-order valence-corrected chi connectivity index (χ3v) is 4.53. The number of rotatable bonds is 5. The molecule has 1 aliphatic heterocycles. The number of halogens is 1. The Balaban J connectivity index is 0.00000441. The Morgan fingerprint density at radius 2 is 1.86 bits per heavy atom. The fraction of sp³-hybridized carbons (Fsp3) is 0.875. The van der Waals surface area contributed by atoms with Crippen LogP contribution in [0.15, 0.2) is 4.99 Å². The standard InChI is InChI=1S/C16H32N4O.HI/c1-8-17-14(18-10-9-13(21)19-12(2)3)20-11-15(4,5)16(20,6)7;/h12H,8-11H2,1-7H3,(H,17,18)(H,19,21);1H. The van der Waals surface area contributed by atoms with Crippen molar-refractivity contribution >= 4 is 35.8 Å². The highest BCUT2D eigenvalue weighted by Gasteiger charge is 2.53. The van der Waals surface area contributed by atoms with E-state index in [0.29, 0.717) is 13.0 Å². The van der Waals surface area contributed by atoms with E-state index in [0.717, 1.165) is 19.0 Å². The molecule has 0 aromatic rings. The number of nitrogens with zero attached hydrogens (tertiary/aromatic N) is 2. The molecule has 22 heavy (non-hydrogen) atoms. The van der Waals surface area contributed by atoms with E-state index in [1.165, 1.54) is 0 Å². The van der Waals surface area contributed by atoms with Crippen LogP contribution in [-0.2, 0) is 4.79 Å². The zero-order valence-corrected chi connectivity index (χ0v) is 17.4. The van der Waals surface area contributed by atoms with E-state index < -0.39 is 0 Å². The topological polar surface area (TPSA) is 56.7 Å². The van der Waals surface area contributed by atoms with Gasteiger partial charge in [-0.2, -0.15) is 0 Å². The molecule has 2 N–H and O–H groups in total. The highest BCUT2D eigenvalue weighted by molar-refractivity contribution is 14.0. The second-order valence-electron chi connectivity index (χ2n) is 7.24. The van der Waals surface area contributed by atoms with E-state index in [2.05, 4.69) is 55.1 Å². The molecule has 1 rings (SSSR count). The summed E-state index contributed by atoms with van der Waals surface area (Å²) in [5.74, 6) is 0.979. The average Bonchev–Trinajstić information content (AvgIpc) is 2.34. The smallest absolute Gasteiger partial charge is 0.222 e. The third-order valence-electron chi connectivity index (χ3n) is 4.53. The van der Waals surface area contributed by atoms with Crippen molar-refractivity contribution in [3.05, 3.63) is 0 Å². The van der Waals surface area contributed by atoms with Crippen molar-refractivity contribution < 1.29 is 4.79 Å². The molecule has 0 unspecified atom stereocenters. The molecule has 1 heterocycles. The van der Waals surface area contributed by atoms with Crippen LogP contribution in [0.4, 0.5) is 0 Å². The van der Waals surface area contributed by atoms with Crippen LogP contribution in [0.3, 0.4) is 0 Å². The molecule has 0 aromatic heterocycles. The Hall–Kier alpha value is -0.530. The molecule has 0 radical (unpaired) electrons. The number of hydrogen-bond donors (Lipinski definition) is 2. The first-order chi connectivity index (χ1) is 9.61. The normalized spacial score (nSPS) is 19.3. The number of carbonyl (C=O) groups is 1. The van der Waals surface area contributed by atoms with Crippen LogP contribution >= 0.6 is 24.0 Å². The largest absolute Gasteiger partial charge is 0.356 e. The summed E-state index contributed by atoms with van der Waals surface area (Å²) >= 11 is 0. The summed E-state index contributed by atoms with van der Waals surface area (Å²) in [7, 11) is 0. The molecule has 0 aliphatic carbocycles. The first kappa shape index (κ1) is 21.5. The lowest BCUT2D eigenvalue weighted by atomic mass is 9.65. The maximum absolute atomic E-state index is 11.7. The van der Waals surface area contributed by atoms with E-state index in [-0.39, 0.29) is 46.9 Å². The monoisotopic (exact) mass is 424 g/mol. The molecule has 1 saturated heterocycles. The summed E-state index contributed by atoms with van der Waals surface area (Å²) in [6.07, 6.45) is 0.435. The number of aliphatic imine (C=N–C) groups is 1. The van der Waals surface area contributed by atoms with Gasteiger partial charge < -0.3 is 15.5 Å². The maximum Gasteiger partial charge on any atom is 0.222 e. The van der Waals surface area contributed by atoms with Crippen LogP contribution in [0, 0.1) is 5.41 Å². The minimum Gasteiger partial charge on any atom is -0.356 e. The van der Waals surface area contributed by atoms with Crippen LogP contribution in [0.2, 0.25) is 0 Å². The molecule has 0 bridgehead atoms. The van der Waals surface area contributed by atoms with Gasteiger partial charge in [0.05, 0.1) is 6.54 Å². The summed E-state index contributed by atoms with van der Waals surface area (Å²) in [5, 5.41) is 6.23. The van der Waals surface area contributed by atoms with Crippen LogP contribution in [-0.4, -0.2) is 48.0 Å². The fourth-order valence-electron chi connectivity index (χ4n) is 2.45. The van der Waals surface area contributed by atoms with E-state index in [4.69, 9.17) is 0 Å². The van der Waals surface area contributed by atoms with Gasteiger partial charge in [-0.1, -0.05) is 13.8 Å². The number of guanidine groups is 1. The van der Waals surface area contributed by atoms with Gasteiger partial charge >= 0.3 is 0 Å².